The van der Waals surface area contributed by atoms with Gasteiger partial charge in [0.25, 0.3) is 5.91 Å². The van der Waals surface area contributed by atoms with Gasteiger partial charge in [0.1, 0.15) is 12.4 Å². The van der Waals surface area contributed by atoms with Crippen LogP contribution >= 0.6 is 0 Å². The summed E-state index contributed by atoms with van der Waals surface area (Å²) < 4.78 is 10.3. The molecule has 8 nitrogen and oxygen atoms in total. The van der Waals surface area contributed by atoms with Gasteiger partial charge in [-0.1, -0.05) is 12.1 Å². The minimum Gasteiger partial charge on any atom is -0.482 e. The lowest BCUT2D eigenvalue weighted by atomic mass is 10.2. The number of anilines is 1. The summed E-state index contributed by atoms with van der Waals surface area (Å²) in [6, 6.07) is 7.32. The zero-order chi connectivity index (χ0) is 18.5. The molecule has 0 N–H and O–H groups in total. The molecule has 0 aliphatic carbocycles. The SMILES string of the molecule is COCC(=O)N1CCN(C(=O)CCN2C(=O)COc3ccccc32)CC1. The molecule has 8 heteroatoms. The van der Waals surface area contributed by atoms with Gasteiger partial charge in [-0.25, -0.2) is 0 Å². The smallest absolute Gasteiger partial charge is 0.265 e. The van der Waals surface area contributed by atoms with E-state index in [2.05, 4.69) is 0 Å². The molecule has 0 bridgehead atoms. The molecule has 0 radical (unpaired) electrons. The van der Waals surface area contributed by atoms with Gasteiger partial charge >= 0.3 is 0 Å². The van der Waals surface area contributed by atoms with Crippen molar-refractivity contribution >= 4 is 23.4 Å². The minimum atomic E-state index is -0.147. The summed E-state index contributed by atoms with van der Waals surface area (Å²) in [6.07, 6.45) is 0.242. The third kappa shape index (κ3) is 3.96. The number of piperazine rings is 1. The van der Waals surface area contributed by atoms with E-state index in [9.17, 15) is 14.4 Å². The molecule has 0 atom stereocenters. The Morgan fingerprint density at radius 2 is 1.73 bits per heavy atom. The maximum Gasteiger partial charge on any atom is 0.265 e. The number of para-hydroxylation sites is 2. The molecule has 0 spiro atoms. The van der Waals surface area contributed by atoms with Gasteiger partial charge in [-0.2, -0.15) is 0 Å². The lowest BCUT2D eigenvalue weighted by Crippen LogP contribution is -2.52. The van der Waals surface area contributed by atoms with Crippen LogP contribution in [0.2, 0.25) is 0 Å². The summed E-state index contributed by atoms with van der Waals surface area (Å²) >= 11 is 0. The largest absolute Gasteiger partial charge is 0.482 e. The van der Waals surface area contributed by atoms with E-state index in [1.807, 2.05) is 24.3 Å². The Labute approximate surface area is 152 Å². The molecular weight excluding hydrogens is 338 g/mol. The number of carbonyl (C=O) groups excluding carboxylic acids is 3. The average Bonchev–Trinajstić information content (AvgIpc) is 2.67. The molecule has 1 saturated heterocycles. The second-order valence-electron chi connectivity index (χ2n) is 6.25. The van der Waals surface area contributed by atoms with E-state index in [1.54, 1.807) is 14.7 Å². The predicted molar refractivity (Wildman–Crippen MR) is 93.9 cm³/mol. The Hall–Kier alpha value is -2.61. The summed E-state index contributed by atoms with van der Waals surface area (Å²) in [5.74, 6) is 0.437. The first-order valence-electron chi connectivity index (χ1n) is 8.67. The van der Waals surface area contributed by atoms with Crippen molar-refractivity contribution in [2.24, 2.45) is 0 Å². The van der Waals surface area contributed by atoms with Gasteiger partial charge in [-0.05, 0) is 12.1 Å². The van der Waals surface area contributed by atoms with Gasteiger partial charge in [-0.15, -0.1) is 0 Å². The number of carbonyl (C=O) groups is 3. The molecule has 0 aromatic heterocycles. The lowest BCUT2D eigenvalue weighted by molar-refractivity contribution is -0.141. The first kappa shape index (κ1) is 18.2. The van der Waals surface area contributed by atoms with E-state index < -0.39 is 0 Å². The zero-order valence-electron chi connectivity index (χ0n) is 14.8. The Bertz CT molecular complexity index is 685. The molecule has 1 aromatic rings. The van der Waals surface area contributed by atoms with Gasteiger partial charge in [0, 0.05) is 46.3 Å². The quantitative estimate of drug-likeness (QED) is 0.744. The number of rotatable bonds is 5. The number of ether oxygens (including phenoxy) is 2. The molecule has 1 aromatic carbocycles. The van der Waals surface area contributed by atoms with Crippen LogP contribution in [-0.2, 0) is 19.1 Å². The van der Waals surface area contributed by atoms with Crippen LogP contribution in [0.3, 0.4) is 0 Å². The van der Waals surface area contributed by atoms with Gasteiger partial charge in [0.05, 0.1) is 5.69 Å². The number of nitrogens with zero attached hydrogens (tertiary/aromatic N) is 3. The van der Waals surface area contributed by atoms with Crippen molar-refractivity contribution in [1.82, 2.24) is 9.80 Å². The highest BCUT2D eigenvalue weighted by Crippen LogP contribution is 2.31. The zero-order valence-corrected chi connectivity index (χ0v) is 14.8. The third-order valence-corrected chi connectivity index (χ3v) is 4.61. The molecule has 1 fully saturated rings. The van der Waals surface area contributed by atoms with Crippen molar-refractivity contribution in [1.29, 1.82) is 0 Å². The molecule has 2 aliphatic rings. The molecule has 26 heavy (non-hydrogen) atoms. The molecule has 140 valence electrons. The van der Waals surface area contributed by atoms with Gasteiger partial charge in [0.2, 0.25) is 11.8 Å². The fourth-order valence-electron chi connectivity index (χ4n) is 3.18. The van der Waals surface area contributed by atoms with Crippen LogP contribution in [0.4, 0.5) is 5.69 Å². The van der Waals surface area contributed by atoms with Crippen molar-refractivity contribution in [3.05, 3.63) is 24.3 Å². The second kappa shape index (κ2) is 8.18. The van der Waals surface area contributed by atoms with Crippen molar-refractivity contribution < 1.29 is 23.9 Å². The molecule has 3 rings (SSSR count). The van der Waals surface area contributed by atoms with E-state index in [-0.39, 0.29) is 37.4 Å². The van der Waals surface area contributed by atoms with Crippen molar-refractivity contribution in [2.75, 3.05) is 57.9 Å². The van der Waals surface area contributed by atoms with Crippen LogP contribution in [0.15, 0.2) is 24.3 Å². The first-order chi connectivity index (χ1) is 12.6. The minimum absolute atomic E-state index is 0.00844. The van der Waals surface area contributed by atoms with Crippen LogP contribution < -0.4 is 9.64 Å². The van der Waals surface area contributed by atoms with Crippen molar-refractivity contribution in [3.8, 4) is 5.75 Å². The van der Waals surface area contributed by atoms with E-state index in [1.165, 1.54) is 7.11 Å². The average molecular weight is 361 g/mol. The van der Waals surface area contributed by atoms with Gasteiger partial charge < -0.3 is 24.2 Å². The number of hydrogen-bond acceptors (Lipinski definition) is 5. The van der Waals surface area contributed by atoms with Crippen LogP contribution in [-0.4, -0.2) is 80.6 Å². The number of methoxy groups -OCH3 is 1. The number of hydrogen-bond donors (Lipinski definition) is 0. The molecule has 0 saturated carbocycles. The maximum absolute atomic E-state index is 12.5. The molecular formula is C18H23N3O5. The monoisotopic (exact) mass is 361 g/mol. The highest BCUT2D eigenvalue weighted by Gasteiger charge is 2.28. The normalized spacial score (nSPS) is 17.0. The molecule has 3 amide bonds. The lowest BCUT2D eigenvalue weighted by Gasteiger charge is -2.35. The summed E-state index contributed by atoms with van der Waals surface area (Å²) in [5.41, 5.74) is 0.700. The molecule has 2 aliphatic heterocycles. The highest BCUT2D eigenvalue weighted by atomic mass is 16.5. The Morgan fingerprint density at radius 3 is 2.42 bits per heavy atom. The fourth-order valence-corrected chi connectivity index (χ4v) is 3.18. The summed E-state index contributed by atoms with van der Waals surface area (Å²) in [4.78, 5) is 41.5. The molecule has 2 heterocycles. The molecule has 0 unspecified atom stereocenters. The highest BCUT2D eigenvalue weighted by molar-refractivity contribution is 5.98. The fraction of sp³-hybridized carbons (Fsp3) is 0.500. The van der Waals surface area contributed by atoms with Crippen LogP contribution in [0, 0.1) is 0 Å². The third-order valence-electron chi connectivity index (χ3n) is 4.61. The van der Waals surface area contributed by atoms with E-state index in [0.717, 1.165) is 0 Å². The van der Waals surface area contributed by atoms with Gasteiger partial charge in [-0.3, -0.25) is 14.4 Å². The number of fused-ring (bicyclic) bond motifs is 1. The van der Waals surface area contributed by atoms with E-state index in [0.29, 0.717) is 44.2 Å². The summed E-state index contributed by atoms with van der Waals surface area (Å²) in [7, 11) is 1.49. The van der Waals surface area contributed by atoms with Crippen molar-refractivity contribution in [3.63, 3.8) is 0 Å². The van der Waals surface area contributed by atoms with E-state index in [4.69, 9.17) is 9.47 Å². The Morgan fingerprint density at radius 1 is 1.08 bits per heavy atom. The first-order valence-corrected chi connectivity index (χ1v) is 8.67. The standard InChI is InChI=1S/C18H23N3O5/c1-25-12-17(23)20-10-8-19(9-11-20)16(22)6-7-21-14-4-2-3-5-15(14)26-13-18(21)24/h2-5H,6-13H2,1H3. The second-order valence-corrected chi connectivity index (χ2v) is 6.25. The van der Waals surface area contributed by atoms with Crippen LogP contribution in [0.1, 0.15) is 6.42 Å². The summed E-state index contributed by atoms with van der Waals surface area (Å²) in [6.45, 7) is 2.39. The Kier molecular flexibility index (Phi) is 5.72. The topological polar surface area (TPSA) is 79.4 Å². The van der Waals surface area contributed by atoms with Crippen molar-refractivity contribution in [2.45, 2.75) is 6.42 Å². The van der Waals surface area contributed by atoms with E-state index >= 15 is 0 Å². The number of benzene rings is 1. The van der Waals surface area contributed by atoms with Crippen LogP contribution in [0.25, 0.3) is 0 Å². The van der Waals surface area contributed by atoms with Gasteiger partial charge in [0.15, 0.2) is 6.61 Å². The van der Waals surface area contributed by atoms with Crippen LogP contribution in [0.5, 0.6) is 5.75 Å². The predicted octanol–water partition coefficient (Wildman–Crippen LogP) is 0.119. The Balaban J connectivity index is 1.52. The number of amides is 3. The maximum atomic E-state index is 12.5. The summed E-state index contributed by atoms with van der Waals surface area (Å²) in [5, 5.41) is 0.